The number of anilines is 1. The van der Waals surface area contributed by atoms with Gasteiger partial charge in [0.1, 0.15) is 6.54 Å². The second-order valence-corrected chi connectivity index (χ2v) is 7.25. The van der Waals surface area contributed by atoms with Crippen LogP contribution >= 0.6 is 0 Å². The van der Waals surface area contributed by atoms with Crippen LogP contribution in [0.3, 0.4) is 0 Å². The van der Waals surface area contributed by atoms with Crippen molar-refractivity contribution in [3.63, 3.8) is 0 Å². The molecule has 0 saturated carbocycles. The molecule has 2 aromatic carbocycles. The maximum Gasteiger partial charge on any atom is 0.340 e. The number of hydrazine groups is 1. The first-order valence-corrected chi connectivity index (χ1v) is 10.4. The smallest absolute Gasteiger partial charge is 0.340 e. The van der Waals surface area contributed by atoms with Gasteiger partial charge in [-0.3, -0.25) is 9.59 Å². The van der Waals surface area contributed by atoms with Crippen LogP contribution < -0.4 is 5.32 Å². The van der Waals surface area contributed by atoms with Gasteiger partial charge in [-0.05, 0) is 43.7 Å². The van der Waals surface area contributed by atoms with Crippen LogP contribution in [-0.2, 0) is 9.53 Å². The number of carbonyl (C=O) groups is 4. The molecule has 0 bridgehead atoms. The summed E-state index contributed by atoms with van der Waals surface area (Å²) in [5.74, 6) is -1.11. The average Bonchev–Trinajstić information content (AvgIpc) is 3.30. The molecule has 9 nitrogen and oxygen atoms in total. The molecule has 32 heavy (non-hydrogen) atoms. The SMILES string of the molecule is CCOC(=O)c1cccc(NC(=O)N2CCCN2C(=O)CN(C)C(=O)c2ccccc2)c1. The van der Waals surface area contributed by atoms with Crippen LogP contribution in [0.15, 0.2) is 54.6 Å². The molecule has 0 spiro atoms. The number of hydrogen-bond acceptors (Lipinski definition) is 5. The quantitative estimate of drug-likeness (QED) is 0.699. The van der Waals surface area contributed by atoms with E-state index in [0.29, 0.717) is 36.3 Å². The summed E-state index contributed by atoms with van der Waals surface area (Å²) in [6.07, 6.45) is 0.623. The molecule has 0 aliphatic carbocycles. The van der Waals surface area contributed by atoms with E-state index in [1.165, 1.54) is 21.0 Å². The van der Waals surface area contributed by atoms with Crippen molar-refractivity contribution in [2.45, 2.75) is 13.3 Å². The van der Waals surface area contributed by atoms with Crippen LogP contribution in [0, 0.1) is 0 Å². The third-order valence-corrected chi connectivity index (χ3v) is 4.92. The Labute approximate surface area is 186 Å². The first-order valence-electron chi connectivity index (χ1n) is 10.4. The van der Waals surface area contributed by atoms with Crippen molar-refractivity contribution in [3.05, 3.63) is 65.7 Å². The van der Waals surface area contributed by atoms with Crippen molar-refractivity contribution < 1.29 is 23.9 Å². The monoisotopic (exact) mass is 438 g/mol. The Morgan fingerprint density at radius 2 is 1.66 bits per heavy atom. The zero-order valence-electron chi connectivity index (χ0n) is 18.1. The summed E-state index contributed by atoms with van der Waals surface area (Å²) in [6, 6.07) is 14.6. The zero-order chi connectivity index (χ0) is 23.1. The fourth-order valence-corrected chi connectivity index (χ4v) is 3.37. The van der Waals surface area contributed by atoms with Gasteiger partial charge in [0, 0.05) is 31.4 Å². The van der Waals surface area contributed by atoms with E-state index in [2.05, 4.69) is 5.32 Å². The Hall–Kier alpha value is -3.88. The lowest BCUT2D eigenvalue weighted by Gasteiger charge is -2.29. The summed E-state index contributed by atoms with van der Waals surface area (Å²) in [5.41, 5.74) is 1.22. The summed E-state index contributed by atoms with van der Waals surface area (Å²) < 4.78 is 4.98. The number of hydrogen-bond donors (Lipinski definition) is 1. The van der Waals surface area contributed by atoms with Crippen molar-refractivity contribution >= 4 is 29.5 Å². The van der Waals surface area contributed by atoms with Gasteiger partial charge in [0.25, 0.3) is 11.8 Å². The van der Waals surface area contributed by atoms with Gasteiger partial charge >= 0.3 is 12.0 Å². The van der Waals surface area contributed by atoms with E-state index in [1.54, 1.807) is 56.4 Å². The van der Waals surface area contributed by atoms with E-state index in [-0.39, 0.29) is 25.0 Å². The van der Waals surface area contributed by atoms with Crippen LogP contribution in [0.5, 0.6) is 0 Å². The van der Waals surface area contributed by atoms with Crippen molar-refractivity contribution in [1.82, 2.24) is 14.9 Å². The largest absolute Gasteiger partial charge is 0.462 e. The van der Waals surface area contributed by atoms with E-state index < -0.39 is 12.0 Å². The zero-order valence-corrected chi connectivity index (χ0v) is 18.1. The van der Waals surface area contributed by atoms with Crippen molar-refractivity contribution in [1.29, 1.82) is 0 Å². The van der Waals surface area contributed by atoms with Crippen molar-refractivity contribution in [3.8, 4) is 0 Å². The lowest BCUT2D eigenvalue weighted by atomic mass is 10.2. The number of esters is 1. The number of nitrogens with one attached hydrogen (secondary N) is 1. The van der Waals surface area contributed by atoms with Crippen molar-refractivity contribution in [2.75, 3.05) is 38.6 Å². The van der Waals surface area contributed by atoms with Gasteiger partial charge in [-0.25, -0.2) is 19.6 Å². The number of benzene rings is 2. The fourth-order valence-electron chi connectivity index (χ4n) is 3.37. The first-order chi connectivity index (χ1) is 15.4. The van der Waals surface area contributed by atoms with Crippen LogP contribution in [0.4, 0.5) is 10.5 Å². The van der Waals surface area contributed by atoms with Gasteiger partial charge < -0.3 is 15.0 Å². The average molecular weight is 438 g/mol. The summed E-state index contributed by atoms with van der Waals surface area (Å²) in [6.45, 7) is 2.55. The fraction of sp³-hybridized carbons (Fsp3) is 0.304. The Morgan fingerprint density at radius 1 is 0.969 bits per heavy atom. The molecule has 168 valence electrons. The second kappa shape index (κ2) is 10.4. The summed E-state index contributed by atoms with van der Waals surface area (Å²) in [4.78, 5) is 51.4. The minimum absolute atomic E-state index is 0.157. The number of likely N-dealkylation sites (N-methyl/N-ethyl adjacent to an activating group) is 1. The van der Waals surface area contributed by atoms with Gasteiger partial charge in [0.15, 0.2) is 0 Å². The standard InChI is InChI=1S/C23H26N4O5/c1-3-32-22(30)18-11-7-12-19(15-18)24-23(31)27-14-8-13-26(27)20(28)16-25(2)21(29)17-9-5-4-6-10-17/h4-7,9-12,15H,3,8,13-14,16H2,1-2H3,(H,24,31). The summed E-state index contributed by atoms with van der Waals surface area (Å²) in [5, 5.41) is 5.38. The van der Waals surface area contributed by atoms with E-state index in [4.69, 9.17) is 4.74 Å². The maximum absolute atomic E-state index is 12.8. The maximum atomic E-state index is 12.8. The Morgan fingerprint density at radius 3 is 2.38 bits per heavy atom. The van der Waals surface area contributed by atoms with Crippen molar-refractivity contribution in [2.24, 2.45) is 0 Å². The topological polar surface area (TPSA) is 99.3 Å². The van der Waals surface area contributed by atoms with Gasteiger partial charge in [-0.1, -0.05) is 24.3 Å². The molecular weight excluding hydrogens is 412 g/mol. The predicted molar refractivity (Wildman–Crippen MR) is 118 cm³/mol. The number of ether oxygens (including phenoxy) is 1. The van der Waals surface area contributed by atoms with Gasteiger partial charge in [0.05, 0.1) is 12.2 Å². The third kappa shape index (κ3) is 5.42. The number of urea groups is 1. The first kappa shape index (κ1) is 22.8. The third-order valence-electron chi connectivity index (χ3n) is 4.92. The molecular formula is C23H26N4O5. The molecule has 1 fully saturated rings. The van der Waals surface area contributed by atoms with Crippen LogP contribution in [0.25, 0.3) is 0 Å². The lowest BCUT2D eigenvalue weighted by Crippen LogP contribution is -2.50. The van der Waals surface area contributed by atoms with Crippen LogP contribution in [0.2, 0.25) is 0 Å². The molecule has 4 amide bonds. The number of rotatable bonds is 6. The van der Waals surface area contributed by atoms with E-state index in [0.717, 1.165) is 0 Å². The van der Waals surface area contributed by atoms with Gasteiger partial charge in [-0.2, -0.15) is 0 Å². The Kier molecular flexibility index (Phi) is 7.43. The Balaban J connectivity index is 1.62. The molecule has 1 saturated heterocycles. The molecule has 0 atom stereocenters. The highest BCUT2D eigenvalue weighted by Crippen LogP contribution is 2.17. The normalized spacial score (nSPS) is 12.9. The highest BCUT2D eigenvalue weighted by Gasteiger charge is 2.32. The molecule has 9 heteroatoms. The minimum atomic E-state index is -0.492. The molecule has 2 aromatic rings. The Bertz CT molecular complexity index is 995. The second-order valence-electron chi connectivity index (χ2n) is 7.25. The molecule has 1 N–H and O–H groups in total. The molecule has 0 aromatic heterocycles. The summed E-state index contributed by atoms with van der Waals surface area (Å²) >= 11 is 0. The predicted octanol–water partition coefficient (Wildman–Crippen LogP) is 2.62. The van der Waals surface area contributed by atoms with E-state index in [9.17, 15) is 19.2 Å². The molecule has 1 aliphatic heterocycles. The molecule has 1 heterocycles. The van der Waals surface area contributed by atoms with E-state index >= 15 is 0 Å². The molecule has 3 rings (SSSR count). The number of carbonyl (C=O) groups excluding carboxylic acids is 4. The molecule has 1 aliphatic rings. The number of nitrogens with zero attached hydrogens (tertiary/aromatic N) is 3. The van der Waals surface area contributed by atoms with Crippen LogP contribution in [-0.4, -0.2) is 72.0 Å². The van der Waals surface area contributed by atoms with E-state index in [1.807, 2.05) is 6.07 Å². The minimum Gasteiger partial charge on any atom is -0.462 e. The highest BCUT2D eigenvalue weighted by molar-refractivity contribution is 5.97. The van der Waals surface area contributed by atoms with Gasteiger partial charge in [0.2, 0.25) is 0 Å². The highest BCUT2D eigenvalue weighted by atomic mass is 16.5. The van der Waals surface area contributed by atoms with Crippen LogP contribution in [0.1, 0.15) is 34.1 Å². The lowest BCUT2D eigenvalue weighted by molar-refractivity contribution is -0.140. The molecule has 0 radical (unpaired) electrons. The number of amides is 4. The molecule has 0 unspecified atom stereocenters. The van der Waals surface area contributed by atoms with Gasteiger partial charge in [-0.15, -0.1) is 0 Å². The summed E-state index contributed by atoms with van der Waals surface area (Å²) in [7, 11) is 1.55.